The summed E-state index contributed by atoms with van der Waals surface area (Å²) in [6.45, 7) is 0. The fraction of sp³-hybridized carbons (Fsp3) is 0. The molecule has 0 bridgehead atoms. The van der Waals surface area contributed by atoms with Gasteiger partial charge in [0.25, 0.3) is 5.91 Å². The highest BCUT2D eigenvalue weighted by Gasteiger charge is 2.40. The molecule has 0 spiro atoms. The molecule has 6 heteroatoms. The number of carbonyl (C=O) groups is 2. The molecule has 0 radical (unpaired) electrons. The van der Waals surface area contributed by atoms with Crippen molar-refractivity contribution in [3.05, 3.63) is 95.2 Å². The zero-order valence-electron chi connectivity index (χ0n) is 14.5. The molecule has 0 aliphatic carbocycles. The van der Waals surface area contributed by atoms with E-state index in [1.165, 1.54) is 0 Å². The highest BCUT2D eigenvalue weighted by molar-refractivity contribution is 6.45. The average molecular weight is 392 g/mol. The summed E-state index contributed by atoms with van der Waals surface area (Å²) in [6.07, 6.45) is 0. The van der Waals surface area contributed by atoms with E-state index in [9.17, 15) is 14.7 Å². The van der Waals surface area contributed by atoms with Gasteiger partial charge in [0.05, 0.1) is 11.3 Å². The number of aliphatic hydroxyl groups is 1. The van der Waals surface area contributed by atoms with Crippen LogP contribution in [0, 0.1) is 0 Å². The first kappa shape index (κ1) is 17.8. The van der Waals surface area contributed by atoms with Gasteiger partial charge in [-0.2, -0.15) is 0 Å². The van der Waals surface area contributed by atoms with E-state index >= 15 is 0 Å². The highest BCUT2D eigenvalue weighted by Crippen LogP contribution is 2.33. The maximum atomic E-state index is 12.8. The van der Waals surface area contributed by atoms with Crippen LogP contribution in [0.4, 0.5) is 5.69 Å². The molecule has 0 saturated carbocycles. The zero-order chi connectivity index (χ0) is 19.7. The van der Waals surface area contributed by atoms with E-state index in [1.54, 1.807) is 48.5 Å². The van der Waals surface area contributed by atoms with E-state index in [4.69, 9.17) is 16.3 Å². The smallest absolute Gasteiger partial charge is 0.301 e. The number of benzene rings is 3. The molecule has 28 heavy (non-hydrogen) atoms. The van der Waals surface area contributed by atoms with Crippen LogP contribution in [0.3, 0.4) is 0 Å². The summed E-state index contributed by atoms with van der Waals surface area (Å²) in [4.78, 5) is 26.2. The third-order valence-electron chi connectivity index (χ3n) is 4.27. The van der Waals surface area contributed by atoms with Crippen molar-refractivity contribution in [3.63, 3.8) is 0 Å². The van der Waals surface area contributed by atoms with Gasteiger partial charge in [-0.1, -0.05) is 41.9 Å². The number of ether oxygens (including phenoxy) is 1. The Morgan fingerprint density at radius 2 is 1.36 bits per heavy atom. The zero-order valence-corrected chi connectivity index (χ0v) is 15.3. The minimum absolute atomic E-state index is 0.0497. The summed E-state index contributed by atoms with van der Waals surface area (Å²) < 4.78 is 5.71. The Morgan fingerprint density at radius 1 is 0.750 bits per heavy atom. The normalized spacial score (nSPS) is 14.0. The molecule has 1 heterocycles. The summed E-state index contributed by atoms with van der Waals surface area (Å²) in [5.41, 5.74) is 0.712. The molecule has 1 aliphatic heterocycles. The van der Waals surface area contributed by atoms with Crippen molar-refractivity contribution >= 4 is 34.7 Å². The number of halogens is 1. The minimum atomic E-state index is -0.772. The number of anilines is 1. The van der Waals surface area contributed by atoms with E-state index in [0.29, 0.717) is 27.8 Å². The Morgan fingerprint density at radius 3 is 2.00 bits per heavy atom. The van der Waals surface area contributed by atoms with Gasteiger partial charge in [-0.05, 0) is 54.1 Å². The molecule has 4 rings (SSSR count). The van der Waals surface area contributed by atoms with Crippen LogP contribution in [0.15, 0.2) is 84.6 Å². The van der Waals surface area contributed by atoms with Gasteiger partial charge in [-0.15, -0.1) is 0 Å². The fourth-order valence-corrected chi connectivity index (χ4v) is 3.04. The van der Waals surface area contributed by atoms with Crippen LogP contribution in [-0.2, 0) is 9.59 Å². The molecule has 0 atom stereocenters. The van der Waals surface area contributed by atoms with Gasteiger partial charge in [0, 0.05) is 5.02 Å². The topological polar surface area (TPSA) is 66.8 Å². The Bertz CT molecular complexity index is 1070. The van der Waals surface area contributed by atoms with Crippen LogP contribution >= 0.6 is 11.6 Å². The number of carbonyl (C=O) groups excluding carboxylic acids is 2. The molecular formula is C22H14ClNO4. The van der Waals surface area contributed by atoms with Crippen LogP contribution in [0.2, 0.25) is 5.02 Å². The third kappa shape index (κ3) is 3.23. The lowest BCUT2D eigenvalue weighted by Crippen LogP contribution is -2.31. The van der Waals surface area contributed by atoms with E-state index in [-0.39, 0.29) is 5.57 Å². The van der Waals surface area contributed by atoms with Gasteiger partial charge in [0.2, 0.25) is 0 Å². The van der Waals surface area contributed by atoms with Crippen molar-refractivity contribution in [1.29, 1.82) is 0 Å². The van der Waals surface area contributed by atoms with Gasteiger partial charge in [-0.25, -0.2) is 4.90 Å². The predicted octanol–water partition coefficient (Wildman–Crippen LogP) is 4.97. The third-order valence-corrected chi connectivity index (χ3v) is 4.52. The number of hydrogen-bond donors (Lipinski definition) is 1. The Balaban J connectivity index is 1.59. The van der Waals surface area contributed by atoms with Crippen molar-refractivity contribution < 1.29 is 19.4 Å². The number of imide groups is 1. The van der Waals surface area contributed by atoms with Crippen LogP contribution < -0.4 is 9.64 Å². The molecule has 1 aliphatic rings. The van der Waals surface area contributed by atoms with Crippen molar-refractivity contribution in [3.8, 4) is 11.5 Å². The predicted molar refractivity (Wildman–Crippen MR) is 106 cm³/mol. The number of aliphatic hydroxyl groups excluding tert-OH is 1. The number of amides is 2. The maximum absolute atomic E-state index is 12.8. The lowest BCUT2D eigenvalue weighted by Gasteiger charge is -2.15. The van der Waals surface area contributed by atoms with Gasteiger partial charge in [-0.3, -0.25) is 9.59 Å². The summed E-state index contributed by atoms with van der Waals surface area (Å²) in [7, 11) is 0. The summed E-state index contributed by atoms with van der Waals surface area (Å²) >= 11 is 5.86. The quantitative estimate of drug-likeness (QED) is 0.637. The largest absolute Gasteiger partial charge is 0.502 e. The number of nitrogens with zero attached hydrogens (tertiary/aromatic N) is 1. The molecule has 5 nitrogen and oxygen atoms in total. The molecular weight excluding hydrogens is 378 g/mol. The second-order valence-electron chi connectivity index (χ2n) is 6.09. The first-order valence-corrected chi connectivity index (χ1v) is 8.83. The Hall–Kier alpha value is -3.57. The molecule has 3 aromatic carbocycles. The second kappa shape index (κ2) is 7.21. The lowest BCUT2D eigenvalue weighted by atomic mass is 10.1. The van der Waals surface area contributed by atoms with E-state index in [2.05, 4.69) is 0 Å². The van der Waals surface area contributed by atoms with Crippen LogP contribution in [0.25, 0.3) is 5.57 Å². The van der Waals surface area contributed by atoms with Crippen molar-refractivity contribution in [1.82, 2.24) is 0 Å². The van der Waals surface area contributed by atoms with E-state index in [1.807, 2.05) is 30.3 Å². The summed E-state index contributed by atoms with van der Waals surface area (Å²) in [6, 6.07) is 22.1. The van der Waals surface area contributed by atoms with Gasteiger partial charge < -0.3 is 9.84 Å². The van der Waals surface area contributed by atoms with Gasteiger partial charge in [0.1, 0.15) is 11.5 Å². The SMILES string of the molecule is O=C1C(O)=C(c2ccc(Cl)cc2)C(=O)N1c1ccc(Oc2ccccc2)cc1. The number of hydrogen-bond acceptors (Lipinski definition) is 4. The van der Waals surface area contributed by atoms with Crippen LogP contribution in [0.5, 0.6) is 11.5 Å². The van der Waals surface area contributed by atoms with Crippen LogP contribution in [0.1, 0.15) is 5.56 Å². The Kier molecular flexibility index (Phi) is 4.59. The minimum Gasteiger partial charge on any atom is -0.502 e. The first-order valence-electron chi connectivity index (χ1n) is 8.45. The van der Waals surface area contributed by atoms with Gasteiger partial charge in [0.15, 0.2) is 5.76 Å². The molecule has 1 N–H and O–H groups in total. The summed E-state index contributed by atoms with van der Waals surface area (Å²) in [5.74, 6) is -0.720. The number of para-hydroxylation sites is 1. The second-order valence-corrected chi connectivity index (χ2v) is 6.52. The van der Waals surface area contributed by atoms with Gasteiger partial charge >= 0.3 is 5.91 Å². The van der Waals surface area contributed by atoms with Crippen molar-refractivity contribution in [2.45, 2.75) is 0 Å². The summed E-state index contributed by atoms with van der Waals surface area (Å²) in [5, 5.41) is 10.7. The molecule has 0 fully saturated rings. The molecule has 3 aromatic rings. The average Bonchev–Trinajstić information content (AvgIpc) is 2.93. The van der Waals surface area contributed by atoms with E-state index in [0.717, 1.165) is 4.90 Å². The Labute approximate surface area is 166 Å². The van der Waals surface area contributed by atoms with Crippen molar-refractivity contribution in [2.75, 3.05) is 4.90 Å². The monoisotopic (exact) mass is 391 g/mol. The fourth-order valence-electron chi connectivity index (χ4n) is 2.92. The maximum Gasteiger partial charge on any atom is 0.301 e. The molecule has 138 valence electrons. The molecule has 0 aromatic heterocycles. The molecule has 2 amide bonds. The van der Waals surface area contributed by atoms with Crippen molar-refractivity contribution in [2.24, 2.45) is 0 Å². The van der Waals surface area contributed by atoms with Crippen LogP contribution in [-0.4, -0.2) is 16.9 Å². The number of rotatable bonds is 4. The highest BCUT2D eigenvalue weighted by atomic mass is 35.5. The first-order chi connectivity index (χ1) is 13.5. The lowest BCUT2D eigenvalue weighted by molar-refractivity contribution is -0.121. The standard InChI is InChI=1S/C22H14ClNO4/c23-15-8-6-14(7-9-15)19-20(25)22(27)24(21(19)26)16-10-12-18(13-11-16)28-17-4-2-1-3-5-17/h1-13,25H. The molecule has 0 unspecified atom stereocenters. The van der Waals surface area contributed by atoms with E-state index < -0.39 is 17.6 Å². The molecule has 0 saturated heterocycles.